The van der Waals surface area contributed by atoms with E-state index in [1.54, 1.807) is 6.07 Å². The molecule has 0 atom stereocenters. The molecule has 0 spiro atoms. The number of hydrogen-bond acceptors (Lipinski definition) is 2. The number of halogens is 2. The van der Waals surface area contributed by atoms with E-state index >= 15 is 0 Å². The van der Waals surface area contributed by atoms with Crippen molar-refractivity contribution in [2.75, 3.05) is 11.9 Å². The molecule has 0 amide bonds. The first-order valence-electron chi connectivity index (χ1n) is 5.96. The summed E-state index contributed by atoms with van der Waals surface area (Å²) in [7, 11) is 1.89. The summed E-state index contributed by atoms with van der Waals surface area (Å²) >= 11 is 12.1. The van der Waals surface area contributed by atoms with Crippen LogP contribution in [0.2, 0.25) is 10.0 Å². The van der Waals surface area contributed by atoms with Gasteiger partial charge in [-0.15, -0.1) is 0 Å². The molecule has 0 aliphatic carbocycles. The first-order valence-corrected chi connectivity index (χ1v) is 6.71. The van der Waals surface area contributed by atoms with Crippen molar-refractivity contribution in [2.45, 2.75) is 6.54 Å². The molecule has 0 aromatic heterocycles. The summed E-state index contributed by atoms with van der Waals surface area (Å²) in [4.78, 5) is 12.8. The van der Waals surface area contributed by atoms with Crippen molar-refractivity contribution >= 4 is 34.9 Å². The fraction of sp³-hybridized carbons (Fsp3) is 0.133. The van der Waals surface area contributed by atoms with Gasteiger partial charge in [-0.1, -0.05) is 35.3 Å². The second-order valence-electron chi connectivity index (χ2n) is 4.46. The third kappa shape index (κ3) is 3.44. The van der Waals surface area contributed by atoms with Crippen molar-refractivity contribution in [1.82, 2.24) is 0 Å². The average molecular weight is 310 g/mol. The van der Waals surface area contributed by atoms with E-state index in [1.807, 2.05) is 36.2 Å². The fourth-order valence-corrected chi connectivity index (χ4v) is 2.48. The van der Waals surface area contributed by atoms with Crippen molar-refractivity contribution in [3.8, 4) is 0 Å². The standard InChI is InChI=1S/C15H13Cl2NO2/c1-18(9-10-3-2-4-12(16)7-10)14-6-5-11(15(19)20)8-13(14)17/h2-8H,9H2,1H3,(H,19,20). The van der Waals surface area contributed by atoms with Gasteiger partial charge in [0.25, 0.3) is 0 Å². The molecule has 2 aromatic rings. The lowest BCUT2D eigenvalue weighted by Crippen LogP contribution is -2.17. The Morgan fingerprint density at radius 2 is 1.95 bits per heavy atom. The Hall–Kier alpha value is -1.71. The Bertz CT molecular complexity index is 644. The maximum absolute atomic E-state index is 10.9. The summed E-state index contributed by atoms with van der Waals surface area (Å²) in [5, 5.41) is 10.0. The van der Waals surface area contributed by atoms with Crippen LogP contribution in [0.4, 0.5) is 5.69 Å². The molecule has 0 aliphatic heterocycles. The minimum absolute atomic E-state index is 0.176. The number of carbonyl (C=O) groups is 1. The Morgan fingerprint density at radius 1 is 1.20 bits per heavy atom. The Labute approximate surface area is 127 Å². The van der Waals surface area contributed by atoms with E-state index in [9.17, 15) is 4.79 Å². The highest BCUT2D eigenvalue weighted by molar-refractivity contribution is 6.33. The number of benzene rings is 2. The molecule has 20 heavy (non-hydrogen) atoms. The van der Waals surface area contributed by atoms with Gasteiger partial charge in [-0.3, -0.25) is 0 Å². The highest BCUT2D eigenvalue weighted by atomic mass is 35.5. The molecule has 0 aliphatic rings. The van der Waals surface area contributed by atoms with Crippen LogP contribution in [-0.2, 0) is 6.54 Å². The largest absolute Gasteiger partial charge is 0.478 e. The molecule has 2 rings (SSSR count). The quantitative estimate of drug-likeness (QED) is 0.914. The third-order valence-electron chi connectivity index (χ3n) is 2.91. The highest BCUT2D eigenvalue weighted by Gasteiger charge is 2.10. The average Bonchev–Trinajstić information content (AvgIpc) is 2.38. The zero-order valence-corrected chi connectivity index (χ0v) is 12.3. The van der Waals surface area contributed by atoms with Gasteiger partial charge in [0, 0.05) is 18.6 Å². The molecule has 0 heterocycles. The van der Waals surface area contributed by atoms with Crippen molar-refractivity contribution in [1.29, 1.82) is 0 Å². The lowest BCUT2D eigenvalue weighted by atomic mass is 10.1. The van der Waals surface area contributed by atoms with E-state index in [1.165, 1.54) is 12.1 Å². The van der Waals surface area contributed by atoms with Crippen LogP contribution < -0.4 is 4.90 Å². The van der Waals surface area contributed by atoms with Crippen LogP contribution in [0.1, 0.15) is 15.9 Å². The van der Waals surface area contributed by atoms with E-state index in [0.717, 1.165) is 11.3 Å². The number of hydrogen-bond donors (Lipinski definition) is 1. The van der Waals surface area contributed by atoms with Crippen molar-refractivity contribution in [3.63, 3.8) is 0 Å². The Morgan fingerprint density at radius 3 is 2.55 bits per heavy atom. The van der Waals surface area contributed by atoms with Gasteiger partial charge in [-0.05, 0) is 35.9 Å². The third-order valence-corrected chi connectivity index (χ3v) is 3.45. The topological polar surface area (TPSA) is 40.5 Å². The molecule has 3 nitrogen and oxygen atoms in total. The highest BCUT2D eigenvalue weighted by Crippen LogP contribution is 2.27. The Balaban J connectivity index is 2.21. The van der Waals surface area contributed by atoms with Crippen molar-refractivity contribution < 1.29 is 9.90 Å². The van der Waals surface area contributed by atoms with Crippen LogP contribution >= 0.6 is 23.2 Å². The molecule has 0 radical (unpaired) electrons. The maximum Gasteiger partial charge on any atom is 0.335 e. The van der Waals surface area contributed by atoms with Crippen LogP contribution in [0.25, 0.3) is 0 Å². The minimum Gasteiger partial charge on any atom is -0.478 e. The van der Waals surface area contributed by atoms with E-state index in [4.69, 9.17) is 28.3 Å². The normalized spacial score (nSPS) is 10.3. The smallest absolute Gasteiger partial charge is 0.335 e. The van der Waals surface area contributed by atoms with E-state index < -0.39 is 5.97 Å². The monoisotopic (exact) mass is 309 g/mol. The van der Waals surface area contributed by atoms with Crippen LogP contribution in [-0.4, -0.2) is 18.1 Å². The number of aromatic carboxylic acids is 1. The lowest BCUT2D eigenvalue weighted by Gasteiger charge is -2.21. The van der Waals surface area contributed by atoms with Gasteiger partial charge < -0.3 is 10.0 Å². The maximum atomic E-state index is 10.9. The molecular formula is C15H13Cl2NO2. The SMILES string of the molecule is CN(Cc1cccc(Cl)c1)c1ccc(C(=O)O)cc1Cl. The molecular weight excluding hydrogens is 297 g/mol. The molecule has 0 bridgehead atoms. The summed E-state index contributed by atoms with van der Waals surface area (Å²) in [5.41, 5.74) is 2.00. The second-order valence-corrected chi connectivity index (χ2v) is 5.30. The first kappa shape index (κ1) is 14.7. The van der Waals surface area contributed by atoms with Gasteiger partial charge in [0.15, 0.2) is 0 Å². The van der Waals surface area contributed by atoms with Gasteiger partial charge >= 0.3 is 5.97 Å². The van der Waals surface area contributed by atoms with Crippen LogP contribution in [0.5, 0.6) is 0 Å². The summed E-state index contributed by atoms with van der Waals surface area (Å²) in [6.45, 7) is 0.632. The van der Waals surface area contributed by atoms with Gasteiger partial charge in [0.2, 0.25) is 0 Å². The van der Waals surface area contributed by atoms with Crippen LogP contribution in [0.3, 0.4) is 0 Å². The molecule has 104 valence electrons. The molecule has 5 heteroatoms. The molecule has 0 saturated heterocycles. The van der Waals surface area contributed by atoms with E-state index in [-0.39, 0.29) is 5.56 Å². The predicted molar refractivity (Wildman–Crippen MR) is 82.0 cm³/mol. The molecule has 0 fully saturated rings. The fourth-order valence-electron chi connectivity index (χ4n) is 1.94. The number of carboxylic acid groups (broad SMARTS) is 1. The molecule has 0 unspecified atom stereocenters. The van der Waals surface area contributed by atoms with Crippen LogP contribution in [0.15, 0.2) is 42.5 Å². The van der Waals surface area contributed by atoms with Gasteiger partial charge in [0.1, 0.15) is 0 Å². The van der Waals surface area contributed by atoms with E-state index in [2.05, 4.69) is 0 Å². The summed E-state index contributed by atoms with van der Waals surface area (Å²) in [6.07, 6.45) is 0. The predicted octanol–water partition coefficient (Wildman–Crippen LogP) is 4.33. The number of rotatable bonds is 4. The first-order chi connectivity index (χ1) is 9.47. The van der Waals surface area contributed by atoms with Crippen LogP contribution in [0, 0.1) is 0 Å². The molecule has 2 aromatic carbocycles. The Kier molecular flexibility index (Phi) is 4.53. The minimum atomic E-state index is -0.990. The zero-order valence-electron chi connectivity index (χ0n) is 10.8. The summed E-state index contributed by atoms with van der Waals surface area (Å²) in [6, 6.07) is 12.3. The van der Waals surface area contributed by atoms with Gasteiger partial charge in [0.05, 0.1) is 16.3 Å². The molecule has 0 saturated carbocycles. The summed E-state index contributed by atoms with van der Waals surface area (Å²) in [5.74, 6) is -0.990. The van der Waals surface area contributed by atoms with Gasteiger partial charge in [-0.25, -0.2) is 4.79 Å². The lowest BCUT2D eigenvalue weighted by molar-refractivity contribution is 0.0697. The van der Waals surface area contributed by atoms with Crippen molar-refractivity contribution in [3.05, 3.63) is 63.6 Å². The van der Waals surface area contributed by atoms with Crippen molar-refractivity contribution in [2.24, 2.45) is 0 Å². The number of nitrogens with zero attached hydrogens (tertiary/aromatic N) is 1. The van der Waals surface area contributed by atoms with Gasteiger partial charge in [-0.2, -0.15) is 0 Å². The molecule has 1 N–H and O–H groups in total. The van der Waals surface area contributed by atoms with E-state index in [0.29, 0.717) is 16.6 Å². The summed E-state index contributed by atoms with van der Waals surface area (Å²) < 4.78 is 0. The zero-order chi connectivity index (χ0) is 14.7. The number of anilines is 1. The number of carboxylic acids is 1. The second kappa shape index (κ2) is 6.16.